The third-order valence-corrected chi connectivity index (χ3v) is 3.01. The van der Waals surface area contributed by atoms with Crippen LogP contribution >= 0.6 is 28.1 Å². The third-order valence-electron chi connectivity index (χ3n) is 2.17. The normalized spacial score (nSPS) is 10.3. The van der Waals surface area contributed by atoms with Gasteiger partial charge in [-0.1, -0.05) is 34.1 Å². The first-order valence-electron chi connectivity index (χ1n) is 4.74. The van der Waals surface area contributed by atoms with Crippen molar-refractivity contribution in [1.82, 2.24) is 14.8 Å². The first kappa shape index (κ1) is 11.3. The Bertz CT molecular complexity index is 553. The lowest BCUT2D eigenvalue weighted by Crippen LogP contribution is -1.98. The van der Waals surface area contributed by atoms with Gasteiger partial charge in [0.1, 0.15) is 0 Å². The molecule has 0 saturated heterocycles. The Balaban J connectivity index is 2.51. The highest BCUT2D eigenvalue weighted by Crippen LogP contribution is 2.20. The first-order chi connectivity index (χ1) is 7.72. The molecule has 2 rings (SSSR count). The summed E-state index contributed by atoms with van der Waals surface area (Å²) in [4.78, 5) is 0. The Morgan fingerprint density at radius 2 is 2.12 bits per heavy atom. The topological polar surface area (TPSA) is 33.6 Å². The van der Waals surface area contributed by atoms with Gasteiger partial charge >= 0.3 is 0 Å². The minimum atomic E-state index is 0.609. The van der Waals surface area contributed by atoms with Gasteiger partial charge in [-0.05, 0) is 24.4 Å². The van der Waals surface area contributed by atoms with Crippen LogP contribution in [0.5, 0.6) is 0 Å². The Labute approximate surface area is 107 Å². The van der Waals surface area contributed by atoms with Crippen molar-refractivity contribution in [2.45, 2.75) is 6.54 Å². The molecule has 0 saturated carbocycles. The van der Waals surface area contributed by atoms with Crippen LogP contribution in [0.15, 0.2) is 41.4 Å². The zero-order valence-electron chi connectivity index (χ0n) is 8.48. The molecule has 0 aliphatic heterocycles. The minimum absolute atomic E-state index is 0.609. The number of rotatable bonds is 3. The summed E-state index contributed by atoms with van der Waals surface area (Å²) >= 11 is 8.55. The average molecular weight is 296 g/mol. The van der Waals surface area contributed by atoms with E-state index >= 15 is 0 Å². The van der Waals surface area contributed by atoms with Crippen molar-refractivity contribution in [1.29, 1.82) is 0 Å². The number of halogens is 1. The highest BCUT2D eigenvalue weighted by molar-refractivity contribution is 9.10. The second-order valence-electron chi connectivity index (χ2n) is 3.26. The molecule has 1 aromatic carbocycles. The lowest BCUT2D eigenvalue weighted by atomic mass is 10.2. The molecule has 1 heterocycles. The molecule has 82 valence electrons. The lowest BCUT2D eigenvalue weighted by molar-refractivity contribution is 0.814. The van der Waals surface area contributed by atoms with E-state index in [0.717, 1.165) is 15.9 Å². The molecule has 0 unspecified atom stereocenters. The van der Waals surface area contributed by atoms with Crippen molar-refractivity contribution in [3.8, 4) is 11.4 Å². The largest absolute Gasteiger partial charge is 0.296 e. The Morgan fingerprint density at radius 3 is 2.75 bits per heavy atom. The molecule has 1 N–H and O–H groups in total. The highest BCUT2D eigenvalue weighted by atomic mass is 79.9. The Hall–Kier alpha value is -1.20. The van der Waals surface area contributed by atoms with Gasteiger partial charge in [0.05, 0.1) is 0 Å². The fourth-order valence-electron chi connectivity index (χ4n) is 1.44. The van der Waals surface area contributed by atoms with E-state index in [2.05, 4.69) is 32.7 Å². The van der Waals surface area contributed by atoms with E-state index in [-0.39, 0.29) is 0 Å². The quantitative estimate of drug-likeness (QED) is 0.694. The molecule has 0 amide bonds. The average Bonchev–Trinajstić information content (AvgIpc) is 2.63. The maximum Gasteiger partial charge on any atom is 0.195 e. The number of aromatic nitrogens is 3. The van der Waals surface area contributed by atoms with Gasteiger partial charge in [-0.3, -0.25) is 9.67 Å². The van der Waals surface area contributed by atoms with Crippen LogP contribution in [0.4, 0.5) is 0 Å². The van der Waals surface area contributed by atoms with E-state index in [1.165, 1.54) is 0 Å². The number of allylic oxidation sites excluding steroid dienone is 1. The molecular weight excluding hydrogens is 286 g/mol. The van der Waals surface area contributed by atoms with Gasteiger partial charge in [-0.15, -0.1) is 6.58 Å². The molecule has 0 fully saturated rings. The van der Waals surface area contributed by atoms with Crippen LogP contribution < -0.4 is 0 Å². The number of aromatic amines is 1. The van der Waals surface area contributed by atoms with E-state index in [0.29, 0.717) is 11.3 Å². The predicted octanol–water partition coefficient (Wildman–Crippen LogP) is 3.56. The number of benzene rings is 1. The Morgan fingerprint density at radius 1 is 1.44 bits per heavy atom. The molecule has 0 radical (unpaired) electrons. The summed E-state index contributed by atoms with van der Waals surface area (Å²) < 4.78 is 3.56. The molecule has 16 heavy (non-hydrogen) atoms. The molecule has 1 aromatic heterocycles. The fourth-order valence-corrected chi connectivity index (χ4v) is 1.91. The molecule has 2 aromatic rings. The number of nitrogens with zero attached hydrogens (tertiary/aromatic N) is 2. The van der Waals surface area contributed by atoms with Crippen LogP contribution in [0.2, 0.25) is 0 Å². The summed E-state index contributed by atoms with van der Waals surface area (Å²) in [7, 11) is 0. The van der Waals surface area contributed by atoms with Gasteiger partial charge in [0.15, 0.2) is 10.6 Å². The van der Waals surface area contributed by atoms with E-state index in [4.69, 9.17) is 12.2 Å². The smallest absolute Gasteiger partial charge is 0.195 e. The van der Waals surface area contributed by atoms with Gasteiger partial charge < -0.3 is 0 Å². The SMILES string of the molecule is C=CCn1c(-c2ccc(Br)cc2)n[nH]c1=S. The molecule has 3 nitrogen and oxygen atoms in total. The van der Waals surface area contributed by atoms with E-state index in [1.54, 1.807) is 6.08 Å². The number of nitrogens with one attached hydrogen (secondary N) is 1. The second kappa shape index (κ2) is 4.76. The van der Waals surface area contributed by atoms with E-state index in [1.807, 2.05) is 28.8 Å². The minimum Gasteiger partial charge on any atom is -0.296 e. The van der Waals surface area contributed by atoms with Crippen LogP contribution in [0.3, 0.4) is 0 Å². The number of hydrogen-bond donors (Lipinski definition) is 1. The zero-order chi connectivity index (χ0) is 11.5. The van der Waals surface area contributed by atoms with Crippen molar-refractivity contribution in [3.05, 3.63) is 46.2 Å². The standard InChI is InChI=1S/C11H10BrN3S/c1-2-7-15-10(13-14-11(15)16)8-3-5-9(12)6-4-8/h2-6H,1,7H2,(H,14,16). The maximum atomic E-state index is 5.15. The van der Waals surface area contributed by atoms with Gasteiger partial charge in [-0.25, -0.2) is 0 Å². The summed E-state index contributed by atoms with van der Waals surface area (Å²) in [6, 6.07) is 7.94. The van der Waals surface area contributed by atoms with Crippen LogP contribution in [0.1, 0.15) is 0 Å². The first-order valence-corrected chi connectivity index (χ1v) is 5.94. The molecule has 0 aliphatic carbocycles. The zero-order valence-corrected chi connectivity index (χ0v) is 10.9. The molecule has 0 atom stereocenters. The predicted molar refractivity (Wildman–Crippen MR) is 70.7 cm³/mol. The van der Waals surface area contributed by atoms with Crippen molar-refractivity contribution < 1.29 is 0 Å². The van der Waals surface area contributed by atoms with E-state index < -0.39 is 0 Å². The summed E-state index contributed by atoms with van der Waals surface area (Å²) in [6.45, 7) is 4.36. The summed E-state index contributed by atoms with van der Waals surface area (Å²) in [5.41, 5.74) is 1.03. The Kier molecular flexibility index (Phi) is 3.36. The number of hydrogen-bond acceptors (Lipinski definition) is 2. The van der Waals surface area contributed by atoms with Crippen molar-refractivity contribution >= 4 is 28.1 Å². The molecule has 5 heteroatoms. The lowest BCUT2D eigenvalue weighted by Gasteiger charge is -2.03. The van der Waals surface area contributed by atoms with Crippen LogP contribution in [0.25, 0.3) is 11.4 Å². The molecular formula is C11H10BrN3S. The molecule has 0 aliphatic rings. The van der Waals surface area contributed by atoms with Gasteiger partial charge in [0, 0.05) is 16.6 Å². The van der Waals surface area contributed by atoms with Crippen LogP contribution in [0, 0.1) is 4.77 Å². The van der Waals surface area contributed by atoms with E-state index in [9.17, 15) is 0 Å². The van der Waals surface area contributed by atoms with Gasteiger partial charge in [-0.2, -0.15) is 5.10 Å². The third kappa shape index (κ3) is 2.15. The summed E-state index contributed by atoms with van der Waals surface area (Å²) in [6.07, 6.45) is 1.80. The summed E-state index contributed by atoms with van der Waals surface area (Å²) in [5.74, 6) is 0.831. The van der Waals surface area contributed by atoms with Gasteiger partial charge in [0.25, 0.3) is 0 Å². The van der Waals surface area contributed by atoms with Crippen LogP contribution in [-0.4, -0.2) is 14.8 Å². The highest BCUT2D eigenvalue weighted by Gasteiger charge is 2.06. The van der Waals surface area contributed by atoms with Crippen molar-refractivity contribution in [2.24, 2.45) is 0 Å². The van der Waals surface area contributed by atoms with Crippen LogP contribution in [-0.2, 0) is 6.54 Å². The number of H-pyrrole nitrogens is 1. The fraction of sp³-hybridized carbons (Fsp3) is 0.0909. The molecule has 0 bridgehead atoms. The monoisotopic (exact) mass is 295 g/mol. The van der Waals surface area contributed by atoms with Crippen molar-refractivity contribution in [3.63, 3.8) is 0 Å². The maximum absolute atomic E-state index is 5.15. The van der Waals surface area contributed by atoms with Crippen molar-refractivity contribution in [2.75, 3.05) is 0 Å². The molecule has 0 spiro atoms. The summed E-state index contributed by atoms with van der Waals surface area (Å²) in [5, 5.41) is 7.01. The van der Waals surface area contributed by atoms with Gasteiger partial charge in [0.2, 0.25) is 0 Å². The second-order valence-corrected chi connectivity index (χ2v) is 4.56.